The Balaban J connectivity index is 2.91. The number of hydrogen-bond donors (Lipinski definition) is 1. The average Bonchev–Trinajstić information content (AvgIpc) is 2.28. The third-order valence-electron chi connectivity index (χ3n) is 2.37. The van der Waals surface area contributed by atoms with Gasteiger partial charge in [0.25, 0.3) is 0 Å². The van der Waals surface area contributed by atoms with Crippen LogP contribution in [0.15, 0.2) is 29.2 Å². The first-order valence-corrected chi connectivity index (χ1v) is 6.51. The smallest absolute Gasteiger partial charge is 0.335 e. The van der Waals surface area contributed by atoms with Crippen molar-refractivity contribution in [1.82, 2.24) is 0 Å². The van der Waals surface area contributed by atoms with Crippen molar-refractivity contribution in [2.24, 2.45) is 0 Å². The second-order valence-corrected chi connectivity index (χ2v) is 5.60. The minimum atomic E-state index is -1.12. The minimum Gasteiger partial charge on any atom is -0.478 e. The monoisotopic (exact) mass is 240 g/mol. The van der Waals surface area contributed by atoms with E-state index in [0.29, 0.717) is 4.90 Å². The summed E-state index contributed by atoms with van der Waals surface area (Å²) in [7, 11) is -1.12. The Bertz CT molecular complexity index is 401. The molecule has 1 rings (SSSR count). The zero-order valence-electron chi connectivity index (χ0n) is 9.47. The molecule has 0 saturated carbocycles. The van der Waals surface area contributed by atoms with Gasteiger partial charge in [-0.2, -0.15) is 0 Å². The number of aromatic carboxylic acids is 1. The van der Waals surface area contributed by atoms with Crippen LogP contribution in [0.1, 0.15) is 37.0 Å². The molecule has 1 aromatic carbocycles. The van der Waals surface area contributed by atoms with Crippen LogP contribution in [0.3, 0.4) is 0 Å². The van der Waals surface area contributed by atoms with E-state index >= 15 is 0 Å². The molecule has 3 nitrogen and oxygen atoms in total. The summed E-state index contributed by atoms with van der Waals surface area (Å²) in [5.74, 6) is -0.984. The number of benzene rings is 1. The van der Waals surface area contributed by atoms with E-state index in [9.17, 15) is 9.00 Å². The van der Waals surface area contributed by atoms with E-state index in [1.54, 1.807) is 12.1 Å². The van der Waals surface area contributed by atoms with Crippen molar-refractivity contribution in [3.8, 4) is 0 Å². The van der Waals surface area contributed by atoms with Crippen molar-refractivity contribution in [1.29, 1.82) is 0 Å². The average molecular weight is 240 g/mol. The Morgan fingerprint density at radius 1 is 1.50 bits per heavy atom. The molecular formula is C12H16O3S. The normalized spacial score (nSPS) is 14.4. The summed E-state index contributed by atoms with van der Waals surface area (Å²) >= 11 is 0. The zero-order chi connectivity index (χ0) is 12.1. The molecule has 2 atom stereocenters. The molecule has 88 valence electrons. The van der Waals surface area contributed by atoms with Crippen LogP contribution in [0.2, 0.25) is 0 Å². The first-order chi connectivity index (χ1) is 7.56. The Labute approximate surface area is 98.0 Å². The van der Waals surface area contributed by atoms with Gasteiger partial charge in [-0.3, -0.25) is 4.21 Å². The van der Waals surface area contributed by atoms with Crippen LogP contribution >= 0.6 is 0 Å². The molecule has 0 bridgehead atoms. The van der Waals surface area contributed by atoms with E-state index in [0.717, 1.165) is 12.8 Å². The Kier molecular flexibility index (Phi) is 4.68. The highest BCUT2D eigenvalue weighted by atomic mass is 32.2. The highest BCUT2D eigenvalue weighted by Crippen LogP contribution is 2.16. The standard InChI is InChI=1S/C12H16O3S/c1-3-5-9(2)16(15)11-7-4-6-10(8-11)12(13)14/h4,6-9H,3,5H2,1-2H3,(H,13,14). The summed E-state index contributed by atoms with van der Waals surface area (Å²) in [6.07, 6.45) is 1.86. The molecule has 0 aliphatic rings. The summed E-state index contributed by atoms with van der Waals surface area (Å²) < 4.78 is 12.0. The van der Waals surface area contributed by atoms with Crippen LogP contribution in [0.25, 0.3) is 0 Å². The van der Waals surface area contributed by atoms with Crippen LogP contribution in [0.4, 0.5) is 0 Å². The van der Waals surface area contributed by atoms with E-state index in [-0.39, 0.29) is 10.8 Å². The topological polar surface area (TPSA) is 54.4 Å². The first-order valence-electron chi connectivity index (χ1n) is 5.30. The Hall–Kier alpha value is -1.16. The number of carboxylic acids is 1. The molecule has 0 aromatic heterocycles. The number of hydrogen-bond acceptors (Lipinski definition) is 2. The van der Waals surface area contributed by atoms with Crippen molar-refractivity contribution in [2.75, 3.05) is 0 Å². The third kappa shape index (κ3) is 3.17. The van der Waals surface area contributed by atoms with Crippen LogP contribution in [0.5, 0.6) is 0 Å². The second-order valence-electron chi connectivity index (χ2n) is 3.73. The van der Waals surface area contributed by atoms with E-state index in [1.165, 1.54) is 12.1 Å². The van der Waals surface area contributed by atoms with Gasteiger partial charge in [0.05, 0.1) is 16.4 Å². The van der Waals surface area contributed by atoms with Crippen LogP contribution < -0.4 is 0 Å². The predicted octanol–water partition coefficient (Wildman–Crippen LogP) is 2.68. The highest BCUT2D eigenvalue weighted by Gasteiger charge is 2.13. The van der Waals surface area contributed by atoms with Gasteiger partial charge in [0.1, 0.15) is 0 Å². The van der Waals surface area contributed by atoms with Crippen molar-refractivity contribution < 1.29 is 14.1 Å². The Morgan fingerprint density at radius 3 is 2.75 bits per heavy atom. The van der Waals surface area contributed by atoms with Gasteiger partial charge in [-0.05, 0) is 24.6 Å². The molecule has 1 aromatic rings. The lowest BCUT2D eigenvalue weighted by Gasteiger charge is -2.10. The van der Waals surface area contributed by atoms with Crippen LogP contribution in [-0.4, -0.2) is 20.5 Å². The molecule has 0 amide bonds. The van der Waals surface area contributed by atoms with Crippen molar-refractivity contribution in [3.63, 3.8) is 0 Å². The quantitative estimate of drug-likeness (QED) is 0.860. The van der Waals surface area contributed by atoms with Gasteiger partial charge in [-0.15, -0.1) is 0 Å². The summed E-state index contributed by atoms with van der Waals surface area (Å²) in [5.41, 5.74) is 0.189. The zero-order valence-corrected chi connectivity index (χ0v) is 10.3. The molecule has 2 unspecified atom stereocenters. The van der Waals surface area contributed by atoms with Crippen LogP contribution in [-0.2, 0) is 10.8 Å². The van der Waals surface area contributed by atoms with Gasteiger partial charge < -0.3 is 5.11 Å². The lowest BCUT2D eigenvalue weighted by atomic mass is 10.2. The molecule has 4 heteroatoms. The first kappa shape index (κ1) is 12.9. The van der Waals surface area contributed by atoms with E-state index in [2.05, 4.69) is 0 Å². The highest BCUT2D eigenvalue weighted by molar-refractivity contribution is 7.85. The summed E-state index contributed by atoms with van der Waals surface area (Å²) in [6, 6.07) is 6.35. The van der Waals surface area contributed by atoms with Gasteiger partial charge in [0.2, 0.25) is 0 Å². The fourth-order valence-corrected chi connectivity index (χ4v) is 2.87. The summed E-state index contributed by atoms with van der Waals surface area (Å²) in [5, 5.41) is 8.90. The predicted molar refractivity (Wildman–Crippen MR) is 64.2 cm³/mol. The SMILES string of the molecule is CCCC(C)S(=O)c1cccc(C(=O)O)c1. The van der Waals surface area contributed by atoms with Crippen molar-refractivity contribution in [3.05, 3.63) is 29.8 Å². The molecule has 16 heavy (non-hydrogen) atoms. The molecule has 0 aliphatic heterocycles. The van der Waals surface area contributed by atoms with Gasteiger partial charge in [0.15, 0.2) is 0 Å². The van der Waals surface area contributed by atoms with Crippen molar-refractivity contribution in [2.45, 2.75) is 36.8 Å². The number of carbonyl (C=O) groups is 1. The molecule has 0 saturated heterocycles. The number of rotatable bonds is 5. The maximum absolute atomic E-state index is 12.0. The van der Waals surface area contributed by atoms with Crippen LogP contribution in [0, 0.1) is 0 Å². The lowest BCUT2D eigenvalue weighted by Crippen LogP contribution is -2.11. The lowest BCUT2D eigenvalue weighted by molar-refractivity contribution is 0.0696. The third-order valence-corrected chi connectivity index (χ3v) is 4.06. The minimum absolute atomic E-state index is 0.0639. The molecule has 1 N–H and O–H groups in total. The van der Waals surface area contributed by atoms with E-state index in [4.69, 9.17) is 5.11 Å². The van der Waals surface area contributed by atoms with Gasteiger partial charge in [-0.25, -0.2) is 4.79 Å². The Morgan fingerprint density at radius 2 is 2.19 bits per heavy atom. The summed E-state index contributed by atoms with van der Waals surface area (Å²) in [4.78, 5) is 11.4. The largest absolute Gasteiger partial charge is 0.478 e. The molecule has 0 heterocycles. The number of carboxylic acid groups (broad SMARTS) is 1. The fourth-order valence-electron chi connectivity index (χ4n) is 1.50. The molecular weight excluding hydrogens is 224 g/mol. The van der Waals surface area contributed by atoms with Crippen molar-refractivity contribution >= 4 is 16.8 Å². The molecule has 0 fully saturated rings. The van der Waals surface area contributed by atoms with Gasteiger partial charge in [-0.1, -0.05) is 26.3 Å². The molecule has 0 radical (unpaired) electrons. The second kappa shape index (κ2) is 5.80. The maximum atomic E-state index is 12.0. The summed E-state index contributed by atoms with van der Waals surface area (Å²) in [6.45, 7) is 3.97. The fraction of sp³-hybridized carbons (Fsp3) is 0.417. The van der Waals surface area contributed by atoms with Gasteiger partial charge >= 0.3 is 5.97 Å². The van der Waals surface area contributed by atoms with E-state index < -0.39 is 16.8 Å². The van der Waals surface area contributed by atoms with Gasteiger partial charge in [0, 0.05) is 10.1 Å². The maximum Gasteiger partial charge on any atom is 0.335 e. The molecule has 0 spiro atoms. The molecule has 0 aliphatic carbocycles. The van der Waals surface area contributed by atoms with E-state index in [1.807, 2.05) is 13.8 Å².